The highest BCUT2D eigenvalue weighted by Crippen LogP contribution is 2.46. The molecule has 0 aliphatic rings. The minimum atomic E-state index is -0.571. The summed E-state index contributed by atoms with van der Waals surface area (Å²) < 4.78 is 0. The van der Waals surface area contributed by atoms with Crippen LogP contribution >= 0.6 is 0 Å². The van der Waals surface area contributed by atoms with Gasteiger partial charge in [-0.05, 0) is 103 Å². The van der Waals surface area contributed by atoms with E-state index in [1.54, 1.807) is 36.4 Å². The molecular weight excluding hydrogens is 396 g/mol. The van der Waals surface area contributed by atoms with Crippen molar-refractivity contribution < 1.29 is 15.3 Å². The van der Waals surface area contributed by atoms with Crippen molar-refractivity contribution in [2.24, 2.45) is 0 Å². The van der Waals surface area contributed by atoms with Gasteiger partial charge in [-0.25, -0.2) is 0 Å². The van der Waals surface area contributed by atoms with E-state index >= 15 is 0 Å². The second kappa shape index (κ2) is 8.43. The number of aromatic hydroxyl groups is 3. The van der Waals surface area contributed by atoms with E-state index in [-0.39, 0.29) is 17.2 Å². The molecule has 4 aromatic carbocycles. The second-order valence-electron chi connectivity index (χ2n) is 8.56. The summed E-state index contributed by atoms with van der Waals surface area (Å²) >= 11 is 0. The van der Waals surface area contributed by atoms with Crippen LogP contribution < -0.4 is 0 Å². The van der Waals surface area contributed by atoms with E-state index in [1.807, 2.05) is 57.2 Å². The largest absolute Gasteiger partial charge is 0.508 e. The van der Waals surface area contributed by atoms with Gasteiger partial charge in [0, 0.05) is 5.41 Å². The molecule has 0 aliphatic heterocycles. The van der Waals surface area contributed by atoms with Crippen molar-refractivity contribution in [1.82, 2.24) is 0 Å². The Morgan fingerprint density at radius 2 is 1.03 bits per heavy atom. The van der Waals surface area contributed by atoms with E-state index in [1.165, 1.54) is 0 Å². The van der Waals surface area contributed by atoms with Crippen LogP contribution in [-0.2, 0) is 11.8 Å². The van der Waals surface area contributed by atoms with Gasteiger partial charge in [0.25, 0.3) is 0 Å². The first kappa shape index (κ1) is 21.5. The van der Waals surface area contributed by atoms with E-state index in [9.17, 15) is 15.3 Å². The molecule has 0 aromatic heterocycles. The number of benzene rings is 4. The SMILES string of the molecule is Cc1cc(O)ccc1CC(c1ccccc1)(c1ccc(O)cc1C)c1ccc(O)cc1C. The van der Waals surface area contributed by atoms with Crippen molar-refractivity contribution in [2.45, 2.75) is 32.6 Å². The molecule has 0 aliphatic carbocycles. The molecule has 0 bridgehead atoms. The van der Waals surface area contributed by atoms with Crippen molar-refractivity contribution in [3.63, 3.8) is 0 Å². The fourth-order valence-corrected chi connectivity index (χ4v) is 4.89. The first-order valence-corrected chi connectivity index (χ1v) is 10.8. The van der Waals surface area contributed by atoms with Crippen molar-refractivity contribution in [3.05, 3.63) is 124 Å². The Labute approximate surface area is 189 Å². The van der Waals surface area contributed by atoms with Gasteiger partial charge in [0.2, 0.25) is 0 Å². The fraction of sp³-hybridized carbons (Fsp3) is 0.172. The summed E-state index contributed by atoms with van der Waals surface area (Å²) in [4.78, 5) is 0. The number of hydrogen-bond acceptors (Lipinski definition) is 3. The molecule has 0 unspecified atom stereocenters. The summed E-state index contributed by atoms with van der Waals surface area (Å²) in [7, 11) is 0. The van der Waals surface area contributed by atoms with E-state index in [0.29, 0.717) is 6.42 Å². The Kier molecular flexibility index (Phi) is 5.67. The molecule has 0 heterocycles. The Bertz CT molecular complexity index is 1210. The van der Waals surface area contributed by atoms with Crippen LogP contribution in [0.1, 0.15) is 38.9 Å². The Hall–Kier alpha value is -3.72. The lowest BCUT2D eigenvalue weighted by Crippen LogP contribution is -2.34. The average molecular weight is 425 g/mol. The Morgan fingerprint density at radius 3 is 1.50 bits per heavy atom. The molecule has 3 heteroatoms. The summed E-state index contributed by atoms with van der Waals surface area (Å²) in [5, 5.41) is 30.3. The van der Waals surface area contributed by atoms with E-state index in [4.69, 9.17) is 0 Å². The van der Waals surface area contributed by atoms with Gasteiger partial charge in [-0.3, -0.25) is 0 Å². The lowest BCUT2D eigenvalue weighted by molar-refractivity contribution is 0.471. The highest BCUT2D eigenvalue weighted by molar-refractivity contribution is 5.58. The van der Waals surface area contributed by atoms with Crippen LogP contribution in [0, 0.1) is 20.8 Å². The molecule has 0 radical (unpaired) electrons. The highest BCUT2D eigenvalue weighted by atomic mass is 16.3. The number of phenolic OH excluding ortho intramolecular Hbond substituents is 3. The van der Waals surface area contributed by atoms with Crippen LogP contribution in [0.2, 0.25) is 0 Å². The average Bonchev–Trinajstić information content (AvgIpc) is 2.75. The summed E-state index contributed by atoms with van der Waals surface area (Å²) in [6.45, 7) is 6.05. The smallest absolute Gasteiger partial charge is 0.115 e. The van der Waals surface area contributed by atoms with Gasteiger partial charge in [-0.15, -0.1) is 0 Å². The fourth-order valence-electron chi connectivity index (χ4n) is 4.89. The van der Waals surface area contributed by atoms with Crippen molar-refractivity contribution in [2.75, 3.05) is 0 Å². The molecule has 0 fully saturated rings. The Morgan fingerprint density at radius 1 is 0.562 bits per heavy atom. The minimum absolute atomic E-state index is 0.233. The van der Waals surface area contributed by atoms with Crippen molar-refractivity contribution in [3.8, 4) is 17.2 Å². The molecule has 0 saturated carbocycles. The second-order valence-corrected chi connectivity index (χ2v) is 8.56. The van der Waals surface area contributed by atoms with Gasteiger partial charge in [0.1, 0.15) is 17.2 Å². The normalized spacial score (nSPS) is 11.5. The van der Waals surface area contributed by atoms with Gasteiger partial charge in [-0.2, -0.15) is 0 Å². The Balaban J connectivity index is 2.11. The maximum atomic E-state index is 10.1. The first-order chi connectivity index (χ1) is 15.3. The van der Waals surface area contributed by atoms with Gasteiger partial charge in [0.05, 0.1) is 0 Å². The number of hydrogen-bond donors (Lipinski definition) is 3. The van der Waals surface area contributed by atoms with Crippen molar-refractivity contribution >= 4 is 0 Å². The van der Waals surface area contributed by atoms with E-state index < -0.39 is 5.41 Å². The third kappa shape index (κ3) is 3.82. The zero-order chi connectivity index (χ0) is 22.9. The summed E-state index contributed by atoms with van der Waals surface area (Å²) in [5.74, 6) is 0.714. The van der Waals surface area contributed by atoms with Gasteiger partial charge >= 0.3 is 0 Å². The van der Waals surface area contributed by atoms with Crippen LogP contribution in [0.15, 0.2) is 84.9 Å². The number of phenols is 3. The molecule has 162 valence electrons. The molecular formula is C29H28O3. The quantitative estimate of drug-likeness (QED) is 0.329. The molecule has 3 nitrogen and oxygen atoms in total. The zero-order valence-corrected chi connectivity index (χ0v) is 18.6. The summed E-state index contributed by atoms with van der Waals surface area (Å²) in [6, 6.07) is 26.9. The summed E-state index contributed by atoms with van der Waals surface area (Å²) in [5.41, 5.74) is 6.82. The highest BCUT2D eigenvalue weighted by Gasteiger charge is 2.39. The third-order valence-corrected chi connectivity index (χ3v) is 6.39. The van der Waals surface area contributed by atoms with Gasteiger partial charge in [-0.1, -0.05) is 48.5 Å². The number of aryl methyl sites for hydroxylation is 3. The maximum Gasteiger partial charge on any atom is 0.115 e. The molecule has 0 saturated heterocycles. The van der Waals surface area contributed by atoms with Crippen LogP contribution in [0.25, 0.3) is 0 Å². The molecule has 3 N–H and O–H groups in total. The minimum Gasteiger partial charge on any atom is -0.508 e. The van der Waals surface area contributed by atoms with Crippen molar-refractivity contribution in [1.29, 1.82) is 0 Å². The first-order valence-electron chi connectivity index (χ1n) is 10.8. The predicted molar refractivity (Wildman–Crippen MR) is 129 cm³/mol. The van der Waals surface area contributed by atoms with Gasteiger partial charge in [0.15, 0.2) is 0 Å². The molecule has 0 spiro atoms. The molecule has 0 atom stereocenters. The maximum absolute atomic E-state index is 10.1. The van der Waals surface area contributed by atoms with Crippen LogP contribution in [0.4, 0.5) is 0 Å². The monoisotopic (exact) mass is 424 g/mol. The van der Waals surface area contributed by atoms with Gasteiger partial charge < -0.3 is 15.3 Å². The number of rotatable bonds is 5. The summed E-state index contributed by atoms with van der Waals surface area (Å²) in [6.07, 6.45) is 0.653. The lowest BCUT2D eigenvalue weighted by Gasteiger charge is -2.39. The van der Waals surface area contributed by atoms with Crippen LogP contribution in [0.5, 0.6) is 17.2 Å². The third-order valence-electron chi connectivity index (χ3n) is 6.39. The van der Waals surface area contributed by atoms with E-state index in [2.05, 4.69) is 12.1 Å². The lowest BCUT2D eigenvalue weighted by atomic mass is 9.63. The van der Waals surface area contributed by atoms with Crippen LogP contribution in [0.3, 0.4) is 0 Å². The van der Waals surface area contributed by atoms with Crippen LogP contribution in [-0.4, -0.2) is 15.3 Å². The molecule has 4 rings (SSSR count). The predicted octanol–water partition coefficient (Wildman–Crippen LogP) is 6.31. The topological polar surface area (TPSA) is 60.7 Å². The van der Waals surface area contributed by atoms with E-state index in [0.717, 1.165) is 38.9 Å². The molecule has 4 aromatic rings. The zero-order valence-electron chi connectivity index (χ0n) is 18.6. The molecule has 32 heavy (non-hydrogen) atoms. The standard InChI is InChI=1S/C29H28O3/c1-19-15-24(30)10-9-22(19)18-29(23-7-5-4-6-8-23,27-13-11-25(31)16-20(27)2)28-14-12-26(32)17-21(28)3/h4-17,30-32H,18H2,1-3H3. The molecule has 0 amide bonds.